The number of benzene rings is 1. The minimum absolute atomic E-state index is 0. The third-order valence-electron chi connectivity index (χ3n) is 4.83. The number of halogens is 1. The van der Waals surface area contributed by atoms with Crippen molar-refractivity contribution in [3.8, 4) is 0 Å². The number of imide groups is 1. The van der Waals surface area contributed by atoms with Crippen LogP contribution in [0.1, 0.15) is 17.5 Å². The molecule has 0 bridgehead atoms. The van der Waals surface area contributed by atoms with Crippen LogP contribution >= 0.6 is 12.4 Å². The molecule has 1 saturated heterocycles. The minimum Gasteiger partial charge on any atom is -0.383 e. The Balaban J connectivity index is 0.00000261. The molecule has 0 radical (unpaired) electrons. The molecule has 148 valence electrons. The van der Waals surface area contributed by atoms with Gasteiger partial charge in [-0.1, -0.05) is 24.3 Å². The average Bonchev–Trinajstić information content (AvgIpc) is 3.12. The lowest BCUT2D eigenvalue weighted by Gasteiger charge is -2.22. The number of aryl methyl sites for hydroxylation is 1. The third-order valence-corrected chi connectivity index (χ3v) is 4.83. The van der Waals surface area contributed by atoms with E-state index in [0.29, 0.717) is 32.7 Å². The quantitative estimate of drug-likeness (QED) is 0.429. The van der Waals surface area contributed by atoms with Gasteiger partial charge in [-0.2, -0.15) is 0 Å². The van der Waals surface area contributed by atoms with E-state index < -0.39 is 11.6 Å². The number of rotatable bonds is 8. The molecule has 0 aromatic heterocycles. The molecule has 8 nitrogen and oxygen atoms in total. The molecular weight excluding hydrogens is 372 g/mol. The molecule has 1 aromatic rings. The zero-order valence-electron chi connectivity index (χ0n) is 15.2. The molecule has 1 unspecified atom stereocenters. The number of hydrogen-bond acceptors (Lipinski definition) is 5. The maximum Gasteiger partial charge on any atom is 0.325 e. The highest BCUT2D eigenvalue weighted by Crippen LogP contribution is 2.41. The van der Waals surface area contributed by atoms with Crippen LogP contribution in [0.5, 0.6) is 0 Å². The Bertz CT molecular complexity index is 714. The van der Waals surface area contributed by atoms with Crippen molar-refractivity contribution in [3.05, 3.63) is 35.4 Å². The van der Waals surface area contributed by atoms with Crippen LogP contribution in [-0.4, -0.2) is 62.6 Å². The van der Waals surface area contributed by atoms with Gasteiger partial charge >= 0.3 is 6.03 Å². The maximum absolute atomic E-state index is 12.9. The molecule has 3 rings (SSSR count). The molecule has 2 aliphatic rings. The van der Waals surface area contributed by atoms with Gasteiger partial charge in [0.25, 0.3) is 5.91 Å². The number of methoxy groups -OCH3 is 1. The van der Waals surface area contributed by atoms with Crippen LogP contribution in [0.4, 0.5) is 4.79 Å². The molecule has 1 aliphatic carbocycles. The topological polar surface area (TPSA) is 99.8 Å². The lowest BCUT2D eigenvalue weighted by Crippen LogP contribution is -2.44. The van der Waals surface area contributed by atoms with E-state index in [2.05, 4.69) is 16.0 Å². The fourth-order valence-corrected chi connectivity index (χ4v) is 3.52. The van der Waals surface area contributed by atoms with Crippen molar-refractivity contribution in [3.63, 3.8) is 0 Å². The standard InChI is InChI=1S/C18H24N4O4.ClH/c1-26-11-10-19-8-9-20-15(23)12-22-16(24)18(21-17(22)25)7-6-13-4-2-3-5-14(13)18;/h2-5,19H,6-12H2,1H3,(H,20,23)(H,21,25);1H. The number of hydrogen-bond donors (Lipinski definition) is 3. The Morgan fingerprint density at radius 1 is 1.26 bits per heavy atom. The van der Waals surface area contributed by atoms with Crippen LogP contribution in [0, 0.1) is 0 Å². The van der Waals surface area contributed by atoms with Gasteiger partial charge in [-0.05, 0) is 24.0 Å². The Kier molecular flexibility index (Phi) is 7.18. The van der Waals surface area contributed by atoms with E-state index in [1.807, 2.05) is 24.3 Å². The first-order chi connectivity index (χ1) is 12.6. The summed E-state index contributed by atoms with van der Waals surface area (Å²) in [6.45, 7) is 2.03. The molecular formula is C18H25ClN4O4. The zero-order chi connectivity index (χ0) is 18.6. The Morgan fingerprint density at radius 2 is 2.04 bits per heavy atom. The van der Waals surface area contributed by atoms with Crippen molar-refractivity contribution in [2.24, 2.45) is 0 Å². The summed E-state index contributed by atoms with van der Waals surface area (Å²) in [4.78, 5) is 38.4. The van der Waals surface area contributed by atoms with Gasteiger partial charge in [-0.25, -0.2) is 4.79 Å². The molecule has 1 spiro atoms. The summed E-state index contributed by atoms with van der Waals surface area (Å²) >= 11 is 0. The number of nitrogens with zero attached hydrogens (tertiary/aromatic N) is 1. The highest BCUT2D eigenvalue weighted by Gasteiger charge is 2.55. The first-order valence-electron chi connectivity index (χ1n) is 8.77. The number of amides is 4. The summed E-state index contributed by atoms with van der Waals surface area (Å²) in [6.07, 6.45) is 1.26. The van der Waals surface area contributed by atoms with Gasteiger partial charge < -0.3 is 20.7 Å². The lowest BCUT2D eigenvalue weighted by atomic mass is 9.92. The highest BCUT2D eigenvalue weighted by molar-refractivity contribution is 6.09. The molecule has 1 fully saturated rings. The second-order valence-electron chi connectivity index (χ2n) is 6.48. The van der Waals surface area contributed by atoms with E-state index in [4.69, 9.17) is 4.74 Å². The van der Waals surface area contributed by atoms with Crippen LogP contribution < -0.4 is 16.0 Å². The van der Waals surface area contributed by atoms with E-state index in [1.165, 1.54) is 0 Å². The molecule has 1 atom stereocenters. The summed E-state index contributed by atoms with van der Waals surface area (Å²) in [5.74, 6) is -0.703. The van der Waals surface area contributed by atoms with E-state index in [-0.39, 0.29) is 30.8 Å². The number of urea groups is 1. The zero-order valence-corrected chi connectivity index (χ0v) is 16.1. The predicted molar refractivity (Wildman–Crippen MR) is 102 cm³/mol. The first-order valence-corrected chi connectivity index (χ1v) is 8.77. The Hall–Kier alpha value is -2.16. The van der Waals surface area contributed by atoms with Crippen LogP contribution in [0.25, 0.3) is 0 Å². The fraction of sp³-hybridized carbons (Fsp3) is 0.500. The molecule has 3 N–H and O–H groups in total. The molecule has 0 saturated carbocycles. The number of fused-ring (bicyclic) bond motifs is 2. The van der Waals surface area contributed by atoms with E-state index >= 15 is 0 Å². The van der Waals surface area contributed by atoms with Crippen LogP contribution in [0.3, 0.4) is 0 Å². The summed E-state index contributed by atoms with van der Waals surface area (Å²) in [5.41, 5.74) is 0.883. The number of carbonyl (C=O) groups excluding carboxylic acids is 3. The molecule has 1 aliphatic heterocycles. The summed E-state index contributed by atoms with van der Waals surface area (Å²) in [7, 11) is 1.62. The molecule has 1 aromatic carbocycles. The van der Waals surface area contributed by atoms with E-state index in [0.717, 1.165) is 22.4 Å². The van der Waals surface area contributed by atoms with Gasteiger partial charge in [0.05, 0.1) is 6.61 Å². The van der Waals surface area contributed by atoms with Crippen LogP contribution in [0.2, 0.25) is 0 Å². The van der Waals surface area contributed by atoms with Crippen LogP contribution in [-0.2, 0) is 26.3 Å². The van der Waals surface area contributed by atoms with Crippen molar-refractivity contribution >= 4 is 30.3 Å². The molecule has 27 heavy (non-hydrogen) atoms. The molecule has 9 heteroatoms. The van der Waals surface area contributed by atoms with Gasteiger partial charge in [0.15, 0.2) is 0 Å². The van der Waals surface area contributed by atoms with Gasteiger partial charge in [0, 0.05) is 26.7 Å². The normalized spacial score (nSPS) is 20.4. The maximum atomic E-state index is 12.9. The first kappa shape index (κ1) is 21.1. The fourth-order valence-electron chi connectivity index (χ4n) is 3.52. The van der Waals surface area contributed by atoms with Gasteiger partial charge in [0.1, 0.15) is 12.1 Å². The third kappa shape index (κ3) is 4.23. The van der Waals surface area contributed by atoms with Crippen LogP contribution in [0.15, 0.2) is 24.3 Å². The number of nitrogens with one attached hydrogen (secondary N) is 3. The van der Waals surface area contributed by atoms with Crippen molar-refractivity contribution < 1.29 is 19.1 Å². The van der Waals surface area contributed by atoms with Crippen molar-refractivity contribution in [1.82, 2.24) is 20.9 Å². The molecule has 4 amide bonds. The lowest BCUT2D eigenvalue weighted by molar-refractivity contribution is -0.135. The number of ether oxygens (including phenoxy) is 1. The minimum atomic E-state index is -1.02. The smallest absolute Gasteiger partial charge is 0.325 e. The summed E-state index contributed by atoms with van der Waals surface area (Å²) < 4.78 is 4.91. The SMILES string of the molecule is COCCNCCNC(=O)CN1C(=O)NC2(CCc3ccccc32)C1=O.Cl. The van der Waals surface area contributed by atoms with Crippen molar-refractivity contribution in [1.29, 1.82) is 0 Å². The molecule has 1 heterocycles. The largest absolute Gasteiger partial charge is 0.383 e. The summed E-state index contributed by atoms with van der Waals surface area (Å²) in [6, 6.07) is 7.10. The highest BCUT2D eigenvalue weighted by atomic mass is 35.5. The average molecular weight is 397 g/mol. The summed E-state index contributed by atoms with van der Waals surface area (Å²) in [5, 5.41) is 8.63. The van der Waals surface area contributed by atoms with Crippen molar-refractivity contribution in [2.75, 3.05) is 39.9 Å². The van der Waals surface area contributed by atoms with Gasteiger partial charge in [-0.3, -0.25) is 14.5 Å². The Labute approximate surface area is 164 Å². The number of carbonyl (C=O) groups is 3. The Morgan fingerprint density at radius 3 is 2.81 bits per heavy atom. The van der Waals surface area contributed by atoms with Gasteiger partial charge in [-0.15, -0.1) is 12.4 Å². The predicted octanol–water partition coefficient (Wildman–Crippen LogP) is 0.154. The second-order valence-corrected chi connectivity index (χ2v) is 6.48. The monoisotopic (exact) mass is 396 g/mol. The van der Waals surface area contributed by atoms with Crippen molar-refractivity contribution in [2.45, 2.75) is 18.4 Å². The van der Waals surface area contributed by atoms with E-state index in [1.54, 1.807) is 7.11 Å². The van der Waals surface area contributed by atoms with Gasteiger partial charge in [0.2, 0.25) is 5.91 Å². The van der Waals surface area contributed by atoms with E-state index in [9.17, 15) is 14.4 Å². The second kappa shape index (κ2) is 9.16.